The maximum atomic E-state index is 13.1. The highest BCUT2D eigenvalue weighted by atomic mass is 35.5. The van der Waals surface area contributed by atoms with Gasteiger partial charge in [0, 0.05) is 24.0 Å². The van der Waals surface area contributed by atoms with Crippen molar-refractivity contribution in [3.8, 4) is 0 Å². The molecule has 6 nitrogen and oxygen atoms in total. The lowest BCUT2D eigenvalue weighted by atomic mass is 10.2. The van der Waals surface area contributed by atoms with Crippen LogP contribution in [0.3, 0.4) is 0 Å². The van der Waals surface area contributed by atoms with E-state index in [4.69, 9.17) is 11.6 Å². The summed E-state index contributed by atoms with van der Waals surface area (Å²) in [6, 6.07) is 11.8. The molecular formula is C21H16ClF3N4O2S. The van der Waals surface area contributed by atoms with Gasteiger partial charge in [-0.1, -0.05) is 41.6 Å². The minimum Gasteiger partial charge on any atom is -0.308 e. The van der Waals surface area contributed by atoms with Crippen molar-refractivity contribution in [2.45, 2.75) is 22.8 Å². The van der Waals surface area contributed by atoms with Gasteiger partial charge in [-0.05, 0) is 35.9 Å². The van der Waals surface area contributed by atoms with E-state index < -0.39 is 23.0 Å². The van der Waals surface area contributed by atoms with Gasteiger partial charge >= 0.3 is 11.9 Å². The zero-order valence-corrected chi connectivity index (χ0v) is 18.4. The van der Waals surface area contributed by atoms with Crippen molar-refractivity contribution in [2.24, 2.45) is 14.1 Å². The highest BCUT2D eigenvalue weighted by Crippen LogP contribution is 2.35. The molecule has 0 fully saturated rings. The van der Waals surface area contributed by atoms with Gasteiger partial charge in [0.1, 0.15) is 0 Å². The van der Waals surface area contributed by atoms with Crippen molar-refractivity contribution in [3.05, 3.63) is 85.5 Å². The number of alkyl halides is 3. The summed E-state index contributed by atoms with van der Waals surface area (Å²) in [7, 11) is 2.85. The van der Waals surface area contributed by atoms with E-state index in [2.05, 4.69) is 4.98 Å². The van der Waals surface area contributed by atoms with Crippen LogP contribution in [0.1, 0.15) is 11.1 Å². The maximum absolute atomic E-state index is 13.1. The molecule has 4 aromatic rings. The quantitative estimate of drug-likeness (QED) is 0.437. The van der Waals surface area contributed by atoms with Gasteiger partial charge < -0.3 is 4.57 Å². The minimum atomic E-state index is -4.49. The van der Waals surface area contributed by atoms with Crippen LogP contribution in [0, 0.1) is 0 Å². The third-order valence-corrected chi connectivity index (χ3v) is 6.17. The van der Waals surface area contributed by atoms with Crippen LogP contribution >= 0.6 is 23.4 Å². The maximum Gasteiger partial charge on any atom is 0.416 e. The Hall–Kier alpha value is -2.98. The summed E-state index contributed by atoms with van der Waals surface area (Å²) in [5.41, 5.74) is -0.739. The zero-order chi connectivity index (χ0) is 23.2. The highest BCUT2D eigenvalue weighted by Gasteiger charge is 2.30. The van der Waals surface area contributed by atoms with Gasteiger partial charge in [0.15, 0.2) is 16.3 Å². The molecule has 0 saturated heterocycles. The largest absolute Gasteiger partial charge is 0.416 e. The van der Waals surface area contributed by atoms with Gasteiger partial charge in [-0.15, -0.1) is 0 Å². The Balaban J connectivity index is 1.91. The molecule has 0 bridgehead atoms. The molecule has 11 heteroatoms. The Bertz CT molecular complexity index is 1440. The number of rotatable bonds is 4. The van der Waals surface area contributed by atoms with E-state index in [1.807, 2.05) is 0 Å². The van der Waals surface area contributed by atoms with E-state index in [1.165, 1.54) is 30.8 Å². The fraction of sp³-hybridized carbons (Fsp3) is 0.190. The van der Waals surface area contributed by atoms with Crippen molar-refractivity contribution in [1.82, 2.24) is 18.7 Å². The van der Waals surface area contributed by atoms with E-state index in [0.717, 1.165) is 34.0 Å². The number of aryl methyl sites for hydroxylation is 1. The molecule has 2 heterocycles. The molecule has 32 heavy (non-hydrogen) atoms. The van der Waals surface area contributed by atoms with Crippen LogP contribution in [0.15, 0.2) is 68.2 Å². The first kappa shape index (κ1) is 22.2. The van der Waals surface area contributed by atoms with Crippen molar-refractivity contribution < 1.29 is 13.2 Å². The minimum absolute atomic E-state index is 0.154. The summed E-state index contributed by atoms with van der Waals surface area (Å²) in [6.07, 6.45) is -4.49. The predicted octanol–water partition coefficient (Wildman–Crippen LogP) is 4.31. The van der Waals surface area contributed by atoms with Crippen LogP contribution in [0.2, 0.25) is 5.02 Å². The van der Waals surface area contributed by atoms with Gasteiger partial charge in [0.2, 0.25) is 0 Å². The summed E-state index contributed by atoms with van der Waals surface area (Å²) in [6.45, 7) is 0.211. The molecule has 2 aromatic heterocycles. The summed E-state index contributed by atoms with van der Waals surface area (Å²) in [5, 5.41) is 0.827. The third-order valence-electron chi connectivity index (χ3n) is 4.94. The van der Waals surface area contributed by atoms with Crippen molar-refractivity contribution in [3.63, 3.8) is 0 Å². The van der Waals surface area contributed by atoms with Crippen LogP contribution < -0.4 is 11.2 Å². The summed E-state index contributed by atoms with van der Waals surface area (Å²) in [5.74, 6) is 0. The first-order chi connectivity index (χ1) is 15.1. The van der Waals surface area contributed by atoms with E-state index in [-0.39, 0.29) is 22.9 Å². The third kappa shape index (κ3) is 4.07. The molecule has 2 aromatic carbocycles. The van der Waals surface area contributed by atoms with E-state index in [1.54, 1.807) is 28.8 Å². The molecule has 0 atom stereocenters. The SMILES string of the molecule is Cn1c(=O)c2c(nc(Sc3cccc(C(F)(F)F)c3)n2Cc2ccc(Cl)cc2)n(C)c1=O. The zero-order valence-electron chi connectivity index (χ0n) is 16.9. The monoisotopic (exact) mass is 480 g/mol. The Morgan fingerprint density at radius 3 is 2.38 bits per heavy atom. The Morgan fingerprint density at radius 2 is 1.72 bits per heavy atom. The lowest BCUT2D eigenvalue weighted by molar-refractivity contribution is -0.137. The van der Waals surface area contributed by atoms with Crippen molar-refractivity contribution >= 4 is 34.5 Å². The molecule has 0 spiro atoms. The number of halogens is 4. The van der Waals surface area contributed by atoms with Crippen LogP contribution in [-0.4, -0.2) is 18.7 Å². The van der Waals surface area contributed by atoms with Crippen LogP contribution in [0.4, 0.5) is 13.2 Å². The van der Waals surface area contributed by atoms with Crippen LogP contribution in [0.25, 0.3) is 11.2 Å². The van der Waals surface area contributed by atoms with Crippen molar-refractivity contribution in [2.75, 3.05) is 0 Å². The molecule has 4 rings (SSSR count). The Labute approximate surface area is 188 Å². The fourth-order valence-electron chi connectivity index (χ4n) is 3.26. The molecule has 0 radical (unpaired) electrons. The second-order valence-electron chi connectivity index (χ2n) is 7.11. The molecule has 0 aliphatic rings. The van der Waals surface area contributed by atoms with Gasteiger partial charge in [-0.2, -0.15) is 13.2 Å². The summed E-state index contributed by atoms with van der Waals surface area (Å²) >= 11 is 6.94. The molecule has 0 amide bonds. The second kappa shape index (κ2) is 8.18. The average molecular weight is 481 g/mol. The lowest BCUT2D eigenvalue weighted by Crippen LogP contribution is -2.37. The molecular weight excluding hydrogens is 465 g/mol. The second-order valence-corrected chi connectivity index (χ2v) is 8.59. The fourth-order valence-corrected chi connectivity index (χ4v) is 4.33. The molecule has 0 aliphatic heterocycles. The Kier molecular flexibility index (Phi) is 5.68. The Morgan fingerprint density at radius 1 is 1.03 bits per heavy atom. The number of nitrogens with zero attached hydrogens (tertiary/aromatic N) is 4. The molecule has 166 valence electrons. The van der Waals surface area contributed by atoms with Crippen LogP contribution in [0.5, 0.6) is 0 Å². The summed E-state index contributed by atoms with van der Waals surface area (Å²) < 4.78 is 43.3. The standard InChI is InChI=1S/C21H16ClF3N4O2S/c1-27-17-16(18(30)28(2)20(27)31)29(11-12-6-8-14(22)9-7-12)19(26-17)32-15-5-3-4-13(10-15)21(23,24)25/h3-10H,11H2,1-2H3. The highest BCUT2D eigenvalue weighted by molar-refractivity contribution is 7.99. The summed E-state index contributed by atoms with van der Waals surface area (Å²) in [4.78, 5) is 30.0. The number of benzene rings is 2. The number of aromatic nitrogens is 4. The van der Waals surface area contributed by atoms with Gasteiger partial charge in [-0.25, -0.2) is 9.78 Å². The molecule has 0 N–H and O–H groups in total. The van der Waals surface area contributed by atoms with Gasteiger partial charge in [-0.3, -0.25) is 13.9 Å². The predicted molar refractivity (Wildman–Crippen MR) is 116 cm³/mol. The number of hydrogen-bond donors (Lipinski definition) is 0. The van der Waals surface area contributed by atoms with Gasteiger partial charge in [0.25, 0.3) is 5.56 Å². The van der Waals surface area contributed by atoms with E-state index >= 15 is 0 Å². The van der Waals surface area contributed by atoms with Gasteiger partial charge in [0.05, 0.1) is 12.1 Å². The first-order valence-corrected chi connectivity index (χ1v) is 10.5. The molecule has 0 aliphatic carbocycles. The van der Waals surface area contributed by atoms with E-state index in [9.17, 15) is 22.8 Å². The van der Waals surface area contributed by atoms with Crippen molar-refractivity contribution in [1.29, 1.82) is 0 Å². The number of fused-ring (bicyclic) bond motifs is 1. The smallest absolute Gasteiger partial charge is 0.308 e. The lowest BCUT2D eigenvalue weighted by Gasteiger charge is -2.11. The molecule has 0 unspecified atom stereocenters. The first-order valence-electron chi connectivity index (χ1n) is 9.32. The van der Waals surface area contributed by atoms with E-state index in [0.29, 0.717) is 9.92 Å². The van der Waals surface area contributed by atoms with Crippen LogP contribution in [-0.2, 0) is 26.8 Å². The average Bonchev–Trinajstić information content (AvgIpc) is 3.10. The number of imidazole rings is 1. The molecule has 0 saturated carbocycles. The number of hydrogen-bond acceptors (Lipinski definition) is 4. The normalized spacial score (nSPS) is 11.9. The topological polar surface area (TPSA) is 61.8 Å².